The molecule has 47 heavy (non-hydrogen) atoms. The fourth-order valence-corrected chi connectivity index (χ4v) is 6.01. The number of hydrogen-bond donors (Lipinski definition) is 2. The van der Waals surface area contributed by atoms with Crippen LogP contribution in [0.5, 0.6) is 0 Å². The molecule has 0 aliphatic heterocycles. The van der Waals surface area contributed by atoms with E-state index in [1.54, 1.807) is 0 Å². The standard InChI is InChI=1S/C15H21N.C14H20N2.C14H19N.2H2/c1-10(2)12-6-7-14-13(8-12)9-15(11(3)4)16(14)5;1-5-10(4)13-7-11-6-12(9(2)3)16-14(11)8-15-13;1-9(2)11-5-6-13-12(7-11)8-14(15-13)10(3)4;;/h6-11H,1-5H3;6-10,16H,5H2,1-4H3;5-10,15H,1-4H3;2*1H. The molecule has 4 nitrogen and oxygen atoms in total. The van der Waals surface area contributed by atoms with Crippen LogP contribution in [0.25, 0.3) is 32.7 Å². The number of fused-ring (bicyclic) bond motifs is 3. The van der Waals surface area contributed by atoms with Gasteiger partial charge in [0.1, 0.15) is 0 Å². The van der Waals surface area contributed by atoms with Gasteiger partial charge in [0, 0.05) is 54.5 Å². The summed E-state index contributed by atoms with van der Waals surface area (Å²) in [6.45, 7) is 26.7. The van der Waals surface area contributed by atoms with E-state index in [0.29, 0.717) is 35.5 Å². The van der Waals surface area contributed by atoms with Gasteiger partial charge in [-0.3, -0.25) is 4.98 Å². The second-order valence-electron chi connectivity index (χ2n) is 15.0. The molecule has 0 bridgehead atoms. The Balaban J connectivity index is 0.000000250. The van der Waals surface area contributed by atoms with Crippen molar-refractivity contribution in [3.05, 3.63) is 101 Å². The molecule has 256 valence electrons. The Morgan fingerprint density at radius 3 is 1.66 bits per heavy atom. The smallest absolute Gasteiger partial charge is 0.0642 e. The highest BCUT2D eigenvalue weighted by molar-refractivity contribution is 5.83. The lowest BCUT2D eigenvalue weighted by Gasteiger charge is -2.07. The van der Waals surface area contributed by atoms with Crippen molar-refractivity contribution >= 4 is 32.7 Å². The predicted octanol–water partition coefficient (Wildman–Crippen LogP) is 13.5. The van der Waals surface area contributed by atoms with Crippen LogP contribution in [0.4, 0.5) is 0 Å². The topological polar surface area (TPSA) is 49.4 Å². The molecule has 0 spiro atoms. The summed E-state index contributed by atoms with van der Waals surface area (Å²) in [4.78, 5) is 11.4. The van der Waals surface area contributed by atoms with Crippen LogP contribution in [-0.2, 0) is 7.05 Å². The van der Waals surface area contributed by atoms with Crippen molar-refractivity contribution in [3.63, 3.8) is 0 Å². The zero-order valence-corrected chi connectivity index (χ0v) is 31.4. The molecule has 0 saturated carbocycles. The Hall–Kier alpha value is -3.79. The van der Waals surface area contributed by atoms with E-state index in [-0.39, 0.29) is 2.85 Å². The maximum absolute atomic E-state index is 4.52. The quantitative estimate of drug-likeness (QED) is 0.180. The highest BCUT2D eigenvalue weighted by Crippen LogP contribution is 2.28. The number of nitrogens with one attached hydrogen (secondary N) is 2. The number of aryl methyl sites for hydroxylation is 1. The summed E-state index contributed by atoms with van der Waals surface area (Å²) in [6.07, 6.45) is 3.10. The summed E-state index contributed by atoms with van der Waals surface area (Å²) in [6, 6.07) is 22.6. The molecule has 0 aliphatic carbocycles. The van der Waals surface area contributed by atoms with E-state index in [1.165, 1.54) is 61.1 Å². The minimum absolute atomic E-state index is 0. The van der Waals surface area contributed by atoms with Crippen LogP contribution in [0.15, 0.2) is 66.9 Å². The first-order valence-corrected chi connectivity index (χ1v) is 17.9. The molecular weight excluding hydrogens is 573 g/mol. The molecule has 1 atom stereocenters. The molecule has 1 unspecified atom stereocenters. The van der Waals surface area contributed by atoms with Crippen LogP contribution in [0.3, 0.4) is 0 Å². The van der Waals surface area contributed by atoms with Gasteiger partial charge in [-0.25, -0.2) is 0 Å². The maximum atomic E-state index is 4.52. The molecule has 4 heterocycles. The lowest BCUT2D eigenvalue weighted by atomic mass is 10.0. The van der Waals surface area contributed by atoms with E-state index in [2.05, 4.69) is 170 Å². The van der Waals surface area contributed by atoms with E-state index < -0.39 is 0 Å². The number of H-pyrrole nitrogens is 2. The van der Waals surface area contributed by atoms with Gasteiger partial charge in [-0.15, -0.1) is 0 Å². The molecular formula is C43H64N4. The number of hydrogen-bond acceptors (Lipinski definition) is 1. The first-order chi connectivity index (χ1) is 22.2. The number of nitrogens with zero attached hydrogens (tertiary/aromatic N) is 2. The zero-order chi connectivity index (χ0) is 34.6. The maximum Gasteiger partial charge on any atom is 0.0642 e. The van der Waals surface area contributed by atoms with Gasteiger partial charge in [-0.05, 0) is 107 Å². The molecule has 6 rings (SSSR count). The fourth-order valence-electron chi connectivity index (χ4n) is 6.01. The summed E-state index contributed by atoms with van der Waals surface area (Å²) in [7, 11) is 2.16. The molecule has 0 radical (unpaired) electrons. The number of benzene rings is 2. The van der Waals surface area contributed by atoms with E-state index in [1.807, 2.05) is 6.20 Å². The molecule has 0 fully saturated rings. The summed E-state index contributed by atoms with van der Waals surface area (Å²) in [5, 5.41) is 4.00. The van der Waals surface area contributed by atoms with Crippen LogP contribution in [0.2, 0.25) is 0 Å². The molecule has 4 heteroatoms. The van der Waals surface area contributed by atoms with Gasteiger partial charge in [0.2, 0.25) is 0 Å². The van der Waals surface area contributed by atoms with Gasteiger partial charge in [0.15, 0.2) is 0 Å². The highest BCUT2D eigenvalue weighted by Gasteiger charge is 2.11. The van der Waals surface area contributed by atoms with Gasteiger partial charge < -0.3 is 14.5 Å². The third kappa shape index (κ3) is 8.58. The van der Waals surface area contributed by atoms with Gasteiger partial charge in [0.25, 0.3) is 0 Å². The summed E-state index contributed by atoms with van der Waals surface area (Å²) in [5.41, 5.74) is 11.8. The minimum Gasteiger partial charge on any atom is -0.358 e. The number of rotatable bonds is 7. The third-order valence-electron chi connectivity index (χ3n) is 9.60. The van der Waals surface area contributed by atoms with Crippen LogP contribution >= 0.6 is 0 Å². The molecule has 4 aromatic heterocycles. The normalized spacial score (nSPS) is 12.5. The fraction of sp³-hybridized carbons (Fsp3) is 0.465. The van der Waals surface area contributed by atoms with E-state index in [4.69, 9.17) is 0 Å². The Kier molecular flexibility index (Phi) is 11.8. The van der Waals surface area contributed by atoms with Gasteiger partial charge in [-0.1, -0.05) is 95.2 Å². The molecule has 2 aromatic carbocycles. The zero-order valence-electron chi connectivity index (χ0n) is 31.4. The summed E-state index contributed by atoms with van der Waals surface area (Å²) >= 11 is 0. The predicted molar refractivity (Wildman–Crippen MR) is 211 cm³/mol. The van der Waals surface area contributed by atoms with Crippen molar-refractivity contribution in [1.29, 1.82) is 0 Å². The second-order valence-corrected chi connectivity index (χ2v) is 15.0. The van der Waals surface area contributed by atoms with Crippen LogP contribution in [0.1, 0.15) is 162 Å². The van der Waals surface area contributed by atoms with E-state index in [9.17, 15) is 0 Å². The van der Waals surface area contributed by atoms with Crippen LogP contribution in [0, 0.1) is 0 Å². The number of pyridine rings is 1. The average molecular weight is 637 g/mol. The van der Waals surface area contributed by atoms with Crippen molar-refractivity contribution in [3.8, 4) is 0 Å². The highest BCUT2D eigenvalue weighted by atomic mass is 14.9. The largest absolute Gasteiger partial charge is 0.358 e. The molecule has 6 aromatic rings. The minimum atomic E-state index is 0. The monoisotopic (exact) mass is 637 g/mol. The van der Waals surface area contributed by atoms with Gasteiger partial charge in [-0.2, -0.15) is 0 Å². The Morgan fingerprint density at radius 2 is 1.13 bits per heavy atom. The van der Waals surface area contributed by atoms with E-state index >= 15 is 0 Å². The lowest BCUT2D eigenvalue weighted by molar-refractivity contribution is 0.710. The summed E-state index contributed by atoms with van der Waals surface area (Å²) < 4.78 is 2.31. The van der Waals surface area contributed by atoms with Crippen molar-refractivity contribution < 1.29 is 2.85 Å². The van der Waals surface area contributed by atoms with Crippen molar-refractivity contribution in [2.45, 2.75) is 125 Å². The number of aromatic nitrogens is 4. The van der Waals surface area contributed by atoms with E-state index in [0.717, 1.165) is 11.9 Å². The van der Waals surface area contributed by atoms with Crippen LogP contribution < -0.4 is 0 Å². The second kappa shape index (κ2) is 15.4. The van der Waals surface area contributed by atoms with Crippen molar-refractivity contribution in [2.24, 2.45) is 7.05 Å². The SMILES string of the molecule is CC(C)c1ccc2[nH]c(C(C)C)cc2c1.CC(C)c1ccc2c(c1)cc(C(C)C)n2C.CCC(C)c1cc2cc(C(C)C)[nH]c2cn1.[HH].[HH]. The molecule has 0 aliphatic rings. The lowest BCUT2D eigenvalue weighted by Crippen LogP contribution is -1.97. The first-order valence-electron chi connectivity index (χ1n) is 17.9. The molecule has 0 amide bonds. The van der Waals surface area contributed by atoms with Gasteiger partial charge >= 0.3 is 0 Å². The van der Waals surface area contributed by atoms with Crippen molar-refractivity contribution in [2.75, 3.05) is 0 Å². The summed E-state index contributed by atoms with van der Waals surface area (Å²) in [5.74, 6) is 3.44. The van der Waals surface area contributed by atoms with Crippen LogP contribution in [-0.4, -0.2) is 19.5 Å². The Morgan fingerprint density at radius 1 is 0.596 bits per heavy atom. The molecule has 0 saturated heterocycles. The van der Waals surface area contributed by atoms with Gasteiger partial charge in [0.05, 0.1) is 11.7 Å². The number of aromatic amines is 2. The third-order valence-corrected chi connectivity index (χ3v) is 9.60. The Labute approximate surface area is 287 Å². The first kappa shape index (κ1) is 36.1. The van der Waals surface area contributed by atoms with Crippen molar-refractivity contribution in [1.82, 2.24) is 19.5 Å². The average Bonchev–Trinajstić information content (AvgIpc) is 3.75. The Bertz CT molecular complexity index is 1900. The molecule has 2 N–H and O–H groups in total.